The molecule has 15 heavy (non-hydrogen) atoms. The van der Waals surface area contributed by atoms with Gasteiger partial charge in [0.2, 0.25) is 0 Å². The van der Waals surface area contributed by atoms with E-state index < -0.39 is 0 Å². The van der Waals surface area contributed by atoms with Gasteiger partial charge in [0.15, 0.2) is 0 Å². The van der Waals surface area contributed by atoms with Crippen molar-refractivity contribution >= 4 is 33.2 Å². The van der Waals surface area contributed by atoms with Gasteiger partial charge in [-0.25, -0.2) is 0 Å². The molecule has 1 fully saturated rings. The molecule has 1 amide bonds. The Kier molecular flexibility index (Phi) is 3.43. The molecule has 2 rings (SSSR count). The molecule has 0 aromatic carbocycles. The van der Waals surface area contributed by atoms with Crippen LogP contribution in [-0.2, 0) is 4.74 Å². The minimum atomic E-state index is -0.00644. The van der Waals surface area contributed by atoms with Crippen molar-refractivity contribution < 1.29 is 9.53 Å². The third-order valence-electron chi connectivity index (χ3n) is 2.49. The van der Waals surface area contributed by atoms with Crippen LogP contribution in [0.3, 0.4) is 0 Å². The smallest absolute Gasteiger partial charge is 0.261 e. The molecule has 1 saturated heterocycles. The number of thiophene rings is 1. The third-order valence-corrected chi connectivity index (χ3v) is 4.11. The topological polar surface area (TPSA) is 38.3 Å². The van der Waals surface area contributed by atoms with Crippen LogP contribution in [0.15, 0.2) is 15.9 Å². The molecule has 0 saturated carbocycles. The Labute approximate surface area is 101 Å². The molecule has 0 bridgehead atoms. The van der Waals surface area contributed by atoms with Gasteiger partial charge in [-0.05, 0) is 41.4 Å². The van der Waals surface area contributed by atoms with E-state index in [0.29, 0.717) is 0 Å². The summed E-state index contributed by atoms with van der Waals surface area (Å²) in [6.07, 6.45) is 1.02. The Hall–Kier alpha value is -0.390. The standard InChI is InChI=1S/C10H12BrNO2S/c1-6-7(4-5-14-6)12-10(13)8-2-3-9(11)15-8/h2-3,6-7H,4-5H2,1H3,(H,12,13). The first-order chi connectivity index (χ1) is 7.16. The summed E-state index contributed by atoms with van der Waals surface area (Å²) in [4.78, 5) is 12.5. The molecular weight excluding hydrogens is 278 g/mol. The molecule has 1 aromatic heterocycles. The lowest BCUT2D eigenvalue weighted by molar-refractivity contribution is 0.0869. The van der Waals surface area contributed by atoms with Crippen LogP contribution < -0.4 is 5.32 Å². The molecule has 1 aliphatic rings. The lowest BCUT2D eigenvalue weighted by Crippen LogP contribution is -2.38. The second kappa shape index (κ2) is 4.63. The Morgan fingerprint density at radius 2 is 2.47 bits per heavy atom. The fourth-order valence-electron chi connectivity index (χ4n) is 1.60. The molecule has 1 aromatic rings. The summed E-state index contributed by atoms with van der Waals surface area (Å²) in [6, 6.07) is 3.86. The first-order valence-corrected chi connectivity index (χ1v) is 6.45. The first-order valence-electron chi connectivity index (χ1n) is 4.84. The van der Waals surface area contributed by atoms with Gasteiger partial charge >= 0.3 is 0 Å². The molecule has 5 heteroatoms. The van der Waals surface area contributed by atoms with Crippen molar-refractivity contribution in [3.63, 3.8) is 0 Å². The van der Waals surface area contributed by atoms with Gasteiger partial charge in [0.05, 0.1) is 20.8 Å². The molecule has 1 aliphatic heterocycles. The number of amides is 1. The quantitative estimate of drug-likeness (QED) is 0.908. The van der Waals surface area contributed by atoms with E-state index in [1.54, 1.807) is 0 Å². The van der Waals surface area contributed by atoms with Crippen molar-refractivity contribution in [3.05, 3.63) is 20.8 Å². The zero-order valence-corrected chi connectivity index (χ0v) is 10.7. The number of carbonyl (C=O) groups excluding carboxylic acids is 1. The second-order valence-corrected chi connectivity index (χ2v) is 6.01. The van der Waals surface area contributed by atoms with Gasteiger partial charge in [0.1, 0.15) is 0 Å². The summed E-state index contributed by atoms with van der Waals surface area (Å²) in [6.45, 7) is 2.72. The molecular formula is C10H12BrNO2S. The van der Waals surface area contributed by atoms with E-state index in [9.17, 15) is 4.79 Å². The van der Waals surface area contributed by atoms with Gasteiger partial charge in [-0.15, -0.1) is 11.3 Å². The summed E-state index contributed by atoms with van der Waals surface area (Å²) >= 11 is 4.78. The van der Waals surface area contributed by atoms with Crippen LogP contribution in [-0.4, -0.2) is 24.7 Å². The normalized spacial score (nSPS) is 25.5. The van der Waals surface area contributed by atoms with E-state index in [1.807, 2.05) is 19.1 Å². The van der Waals surface area contributed by atoms with E-state index >= 15 is 0 Å². The van der Waals surface area contributed by atoms with Gasteiger partial charge < -0.3 is 10.1 Å². The molecule has 0 spiro atoms. The van der Waals surface area contributed by atoms with E-state index in [-0.39, 0.29) is 18.1 Å². The Morgan fingerprint density at radius 1 is 1.67 bits per heavy atom. The van der Waals surface area contributed by atoms with Crippen molar-refractivity contribution in [1.82, 2.24) is 5.32 Å². The Morgan fingerprint density at radius 3 is 3.00 bits per heavy atom. The maximum atomic E-state index is 11.8. The van der Waals surface area contributed by atoms with Crippen molar-refractivity contribution in [3.8, 4) is 0 Å². The SMILES string of the molecule is CC1OCCC1NC(=O)c1ccc(Br)s1. The van der Waals surface area contributed by atoms with E-state index in [0.717, 1.165) is 21.7 Å². The fraction of sp³-hybridized carbons (Fsp3) is 0.500. The lowest BCUT2D eigenvalue weighted by Gasteiger charge is -2.15. The summed E-state index contributed by atoms with van der Waals surface area (Å²) in [5, 5.41) is 2.98. The Balaban J connectivity index is 1.97. The average molecular weight is 290 g/mol. The summed E-state index contributed by atoms with van der Waals surface area (Å²) in [5.41, 5.74) is 0. The largest absolute Gasteiger partial charge is 0.376 e. The highest BCUT2D eigenvalue weighted by molar-refractivity contribution is 9.11. The highest BCUT2D eigenvalue weighted by Crippen LogP contribution is 2.22. The highest BCUT2D eigenvalue weighted by Gasteiger charge is 2.26. The number of hydrogen-bond donors (Lipinski definition) is 1. The number of nitrogens with one attached hydrogen (secondary N) is 1. The van der Waals surface area contributed by atoms with Crippen molar-refractivity contribution in [2.24, 2.45) is 0 Å². The molecule has 0 radical (unpaired) electrons. The Bertz CT molecular complexity index is 366. The number of carbonyl (C=O) groups is 1. The van der Waals surface area contributed by atoms with Crippen LogP contribution in [0.5, 0.6) is 0 Å². The number of hydrogen-bond acceptors (Lipinski definition) is 3. The van der Waals surface area contributed by atoms with Crippen LogP contribution in [0.2, 0.25) is 0 Å². The van der Waals surface area contributed by atoms with Gasteiger partial charge in [-0.3, -0.25) is 4.79 Å². The maximum Gasteiger partial charge on any atom is 0.261 e. The van der Waals surface area contributed by atoms with Crippen LogP contribution >= 0.6 is 27.3 Å². The van der Waals surface area contributed by atoms with Crippen molar-refractivity contribution in [2.75, 3.05) is 6.61 Å². The third kappa shape index (κ3) is 2.59. The van der Waals surface area contributed by atoms with Crippen LogP contribution in [0.4, 0.5) is 0 Å². The summed E-state index contributed by atoms with van der Waals surface area (Å²) < 4.78 is 6.36. The summed E-state index contributed by atoms with van der Waals surface area (Å²) in [7, 11) is 0. The fourth-order valence-corrected chi connectivity index (χ4v) is 2.89. The highest BCUT2D eigenvalue weighted by atomic mass is 79.9. The number of ether oxygens (including phenoxy) is 1. The maximum absolute atomic E-state index is 11.8. The molecule has 2 atom stereocenters. The predicted molar refractivity (Wildman–Crippen MR) is 63.3 cm³/mol. The zero-order valence-electron chi connectivity index (χ0n) is 8.33. The van der Waals surface area contributed by atoms with Crippen LogP contribution in [0, 0.1) is 0 Å². The molecule has 2 heterocycles. The predicted octanol–water partition coefficient (Wildman–Crippen LogP) is 2.42. The van der Waals surface area contributed by atoms with Gasteiger partial charge in [-0.1, -0.05) is 0 Å². The van der Waals surface area contributed by atoms with Crippen LogP contribution in [0.1, 0.15) is 23.0 Å². The lowest BCUT2D eigenvalue weighted by atomic mass is 10.1. The van der Waals surface area contributed by atoms with Crippen molar-refractivity contribution in [2.45, 2.75) is 25.5 Å². The molecule has 0 aliphatic carbocycles. The molecule has 82 valence electrons. The number of rotatable bonds is 2. The molecule has 2 unspecified atom stereocenters. The van der Waals surface area contributed by atoms with E-state index in [2.05, 4.69) is 21.2 Å². The minimum Gasteiger partial charge on any atom is -0.376 e. The second-order valence-electron chi connectivity index (χ2n) is 3.55. The van der Waals surface area contributed by atoms with Gasteiger partial charge in [0, 0.05) is 6.61 Å². The zero-order chi connectivity index (χ0) is 10.8. The first kappa shape index (κ1) is 11.1. The number of halogens is 1. The van der Waals surface area contributed by atoms with E-state index in [4.69, 9.17) is 4.74 Å². The molecule has 1 N–H and O–H groups in total. The minimum absolute atomic E-state index is 0.00644. The average Bonchev–Trinajstić information content (AvgIpc) is 2.77. The monoisotopic (exact) mass is 289 g/mol. The van der Waals surface area contributed by atoms with Gasteiger partial charge in [-0.2, -0.15) is 0 Å². The van der Waals surface area contributed by atoms with Crippen molar-refractivity contribution in [1.29, 1.82) is 0 Å². The van der Waals surface area contributed by atoms with E-state index in [1.165, 1.54) is 11.3 Å². The van der Waals surface area contributed by atoms with Gasteiger partial charge in [0.25, 0.3) is 5.91 Å². The summed E-state index contributed by atoms with van der Waals surface area (Å²) in [5.74, 6) is -0.00644. The molecule has 3 nitrogen and oxygen atoms in total. The van der Waals surface area contributed by atoms with Crippen LogP contribution in [0.25, 0.3) is 0 Å².